The van der Waals surface area contributed by atoms with Crippen molar-refractivity contribution in [1.82, 2.24) is 9.88 Å². The van der Waals surface area contributed by atoms with Crippen molar-refractivity contribution in [2.45, 2.75) is 0 Å². The van der Waals surface area contributed by atoms with Gasteiger partial charge in [0.15, 0.2) is 6.61 Å². The van der Waals surface area contributed by atoms with Crippen LogP contribution in [-0.4, -0.2) is 47.2 Å². The third-order valence-electron chi connectivity index (χ3n) is 3.74. The highest BCUT2D eigenvalue weighted by Crippen LogP contribution is 2.24. The smallest absolute Gasteiger partial charge is 0.340 e. The second kappa shape index (κ2) is 7.34. The monoisotopic (exact) mass is 407 g/mol. The number of nitrogens with one attached hydrogen (secondary N) is 1. The van der Waals surface area contributed by atoms with Crippen LogP contribution in [0.3, 0.4) is 0 Å². The van der Waals surface area contributed by atoms with Crippen LogP contribution in [-0.2, 0) is 9.53 Å². The first-order chi connectivity index (χ1) is 12.8. The van der Waals surface area contributed by atoms with Gasteiger partial charge in [-0.1, -0.05) is 23.2 Å². The van der Waals surface area contributed by atoms with Gasteiger partial charge >= 0.3 is 5.97 Å². The van der Waals surface area contributed by atoms with Crippen molar-refractivity contribution in [2.75, 3.05) is 19.0 Å². The van der Waals surface area contributed by atoms with E-state index in [9.17, 15) is 19.2 Å². The minimum absolute atomic E-state index is 0.0428. The van der Waals surface area contributed by atoms with Gasteiger partial charge in [-0.05, 0) is 24.3 Å². The summed E-state index contributed by atoms with van der Waals surface area (Å²) in [6, 6.07) is 5.59. The Morgan fingerprint density at radius 1 is 1.15 bits per heavy atom. The number of fused-ring (bicyclic) bond motifs is 1. The standard InChI is InChI=1S/C17H11Cl2N3O5/c1-22-15(24)10-3-2-9(5-11(10)16(22)25)21-13(23)7-27-17(26)8-4-12(18)14(19)20-6-8/h2-6H,7H2,1H3,(H,21,23). The molecule has 0 unspecified atom stereocenters. The summed E-state index contributed by atoms with van der Waals surface area (Å²) in [7, 11) is 1.38. The zero-order valence-electron chi connectivity index (χ0n) is 13.8. The van der Waals surface area contributed by atoms with Gasteiger partial charge in [0.05, 0.1) is 21.7 Å². The minimum atomic E-state index is -0.799. The van der Waals surface area contributed by atoms with Gasteiger partial charge in [-0.2, -0.15) is 0 Å². The number of amides is 3. The highest BCUT2D eigenvalue weighted by atomic mass is 35.5. The van der Waals surface area contributed by atoms with Gasteiger partial charge in [0.2, 0.25) is 0 Å². The molecule has 0 saturated heterocycles. The number of carbonyl (C=O) groups is 4. The number of nitrogens with zero attached hydrogens (tertiary/aromatic N) is 2. The van der Waals surface area contributed by atoms with Gasteiger partial charge in [0, 0.05) is 18.9 Å². The van der Waals surface area contributed by atoms with Crippen molar-refractivity contribution in [3.8, 4) is 0 Å². The van der Waals surface area contributed by atoms with E-state index in [0.29, 0.717) is 5.69 Å². The molecule has 0 bridgehead atoms. The normalized spacial score (nSPS) is 12.8. The number of hydrogen-bond donors (Lipinski definition) is 1. The van der Waals surface area contributed by atoms with Crippen molar-refractivity contribution in [1.29, 1.82) is 0 Å². The van der Waals surface area contributed by atoms with Crippen molar-refractivity contribution in [2.24, 2.45) is 0 Å². The van der Waals surface area contributed by atoms with E-state index >= 15 is 0 Å². The number of anilines is 1. The van der Waals surface area contributed by atoms with Gasteiger partial charge in [-0.25, -0.2) is 9.78 Å². The molecule has 1 N–H and O–H groups in total. The molecule has 1 aromatic carbocycles. The average Bonchev–Trinajstić information content (AvgIpc) is 2.86. The summed E-state index contributed by atoms with van der Waals surface area (Å²) >= 11 is 11.4. The third-order valence-corrected chi connectivity index (χ3v) is 4.43. The number of carbonyl (C=O) groups excluding carboxylic acids is 4. The van der Waals surface area contributed by atoms with Gasteiger partial charge in [-0.3, -0.25) is 19.3 Å². The molecule has 27 heavy (non-hydrogen) atoms. The van der Waals surface area contributed by atoms with Crippen LogP contribution in [0, 0.1) is 0 Å². The molecule has 0 spiro atoms. The minimum Gasteiger partial charge on any atom is -0.452 e. The van der Waals surface area contributed by atoms with Crippen LogP contribution in [0.25, 0.3) is 0 Å². The fourth-order valence-corrected chi connectivity index (χ4v) is 2.65. The molecule has 3 rings (SSSR count). The van der Waals surface area contributed by atoms with Crippen LogP contribution in [0.1, 0.15) is 31.1 Å². The molecule has 2 heterocycles. The van der Waals surface area contributed by atoms with E-state index in [-0.39, 0.29) is 26.9 Å². The topological polar surface area (TPSA) is 106 Å². The zero-order valence-corrected chi connectivity index (χ0v) is 15.3. The first-order valence-corrected chi connectivity index (χ1v) is 8.28. The quantitative estimate of drug-likeness (QED) is 0.473. The molecule has 0 saturated carbocycles. The van der Waals surface area contributed by atoms with Crippen LogP contribution >= 0.6 is 23.2 Å². The number of esters is 1. The zero-order chi connectivity index (χ0) is 19.7. The second-order valence-electron chi connectivity index (χ2n) is 5.55. The maximum atomic E-state index is 12.0. The Bertz CT molecular complexity index is 993. The van der Waals surface area contributed by atoms with Crippen LogP contribution in [0.15, 0.2) is 30.5 Å². The van der Waals surface area contributed by atoms with Gasteiger partial charge in [0.1, 0.15) is 5.15 Å². The Balaban J connectivity index is 1.62. The van der Waals surface area contributed by atoms with E-state index in [1.807, 2.05) is 0 Å². The molecule has 0 atom stereocenters. The maximum absolute atomic E-state index is 12.0. The Hall–Kier alpha value is -2.97. The lowest BCUT2D eigenvalue weighted by atomic mass is 10.1. The molecule has 2 aromatic rings. The Labute approximate surface area is 163 Å². The summed E-state index contributed by atoms with van der Waals surface area (Å²) in [6.07, 6.45) is 1.17. The number of aromatic nitrogens is 1. The van der Waals surface area contributed by atoms with Crippen molar-refractivity contribution < 1.29 is 23.9 Å². The Morgan fingerprint density at radius 2 is 1.85 bits per heavy atom. The summed E-state index contributed by atoms with van der Waals surface area (Å²) in [5, 5.41) is 2.61. The van der Waals surface area contributed by atoms with E-state index < -0.39 is 30.3 Å². The third kappa shape index (κ3) is 3.76. The fraction of sp³-hybridized carbons (Fsp3) is 0.118. The maximum Gasteiger partial charge on any atom is 0.340 e. The summed E-state index contributed by atoms with van der Waals surface area (Å²) in [6.45, 7) is -0.567. The molecule has 138 valence electrons. The number of benzene rings is 1. The highest BCUT2D eigenvalue weighted by Gasteiger charge is 2.32. The van der Waals surface area contributed by atoms with E-state index in [0.717, 1.165) is 4.90 Å². The van der Waals surface area contributed by atoms with E-state index in [1.54, 1.807) is 0 Å². The van der Waals surface area contributed by atoms with Crippen LogP contribution in [0.4, 0.5) is 5.69 Å². The lowest BCUT2D eigenvalue weighted by Gasteiger charge is -2.07. The lowest BCUT2D eigenvalue weighted by molar-refractivity contribution is -0.119. The van der Waals surface area contributed by atoms with E-state index in [1.165, 1.54) is 37.5 Å². The molecule has 0 radical (unpaired) electrons. The van der Waals surface area contributed by atoms with E-state index in [2.05, 4.69) is 10.3 Å². The highest BCUT2D eigenvalue weighted by molar-refractivity contribution is 6.41. The average molecular weight is 408 g/mol. The van der Waals surface area contributed by atoms with Gasteiger partial charge in [0.25, 0.3) is 17.7 Å². The van der Waals surface area contributed by atoms with Crippen molar-refractivity contribution in [3.63, 3.8) is 0 Å². The molecule has 1 aliphatic rings. The number of ether oxygens (including phenoxy) is 1. The Kier molecular flexibility index (Phi) is 5.11. The molecule has 8 nitrogen and oxygen atoms in total. The summed E-state index contributed by atoms with van der Waals surface area (Å²) < 4.78 is 4.88. The van der Waals surface area contributed by atoms with Crippen LogP contribution in [0.5, 0.6) is 0 Å². The molecule has 1 aromatic heterocycles. The number of rotatable bonds is 4. The lowest BCUT2D eigenvalue weighted by Crippen LogP contribution is -2.24. The number of hydrogen-bond acceptors (Lipinski definition) is 6. The predicted octanol–water partition coefficient (Wildman–Crippen LogP) is 2.41. The molecule has 3 amide bonds. The fourth-order valence-electron chi connectivity index (χ4n) is 2.38. The largest absolute Gasteiger partial charge is 0.452 e. The SMILES string of the molecule is CN1C(=O)c2ccc(NC(=O)COC(=O)c3cnc(Cl)c(Cl)c3)cc2C1=O. The predicted molar refractivity (Wildman–Crippen MR) is 96.0 cm³/mol. The van der Waals surface area contributed by atoms with E-state index in [4.69, 9.17) is 27.9 Å². The second-order valence-corrected chi connectivity index (χ2v) is 6.32. The molecule has 0 aliphatic carbocycles. The number of halogens is 2. The van der Waals surface area contributed by atoms with Gasteiger partial charge in [-0.15, -0.1) is 0 Å². The van der Waals surface area contributed by atoms with Crippen LogP contribution < -0.4 is 5.32 Å². The van der Waals surface area contributed by atoms with Crippen molar-refractivity contribution in [3.05, 3.63) is 57.3 Å². The summed E-state index contributed by atoms with van der Waals surface area (Å²) in [5.74, 6) is -2.28. The molecular formula is C17H11Cl2N3O5. The Morgan fingerprint density at radius 3 is 2.56 bits per heavy atom. The van der Waals surface area contributed by atoms with Crippen LogP contribution in [0.2, 0.25) is 10.2 Å². The number of pyridine rings is 1. The summed E-state index contributed by atoms with van der Waals surface area (Å²) in [4.78, 5) is 52.4. The summed E-state index contributed by atoms with van der Waals surface area (Å²) in [5.41, 5.74) is 0.794. The molecular weight excluding hydrogens is 397 g/mol. The first kappa shape index (κ1) is 18.8. The molecule has 1 aliphatic heterocycles. The van der Waals surface area contributed by atoms with Gasteiger partial charge < -0.3 is 10.1 Å². The van der Waals surface area contributed by atoms with Crippen molar-refractivity contribution >= 4 is 52.6 Å². The molecule has 10 heteroatoms. The number of imide groups is 1. The first-order valence-electron chi connectivity index (χ1n) is 7.52. The molecule has 0 fully saturated rings.